The Morgan fingerprint density at radius 2 is 1.94 bits per heavy atom. The standard InChI is InChI=1S/C13H18N2O/c1-8-6-11(16)4-5-12(8)13(10(3)15)9(2)7-14/h4-7,16H,14-15H2,1-3H3/b9-7-,13-10+. The molecule has 0 aliphatic heterocycles. The van der Waals surface area contributed by atoms with Crippen molar-refractivity contribution in [1.82, 2.24) is 0 Å². The predicted molar refractivity (Wildman–Crippen MR) is 67.6 cm³/mol. The molecule has 0 saturated heterocycles. The Labute approximate surface area is 96.1 Å². The maximum Gasteiger partial charge on any atom is 0.115 e. The van der Waals surface area contributed by atoms with E-state index in [0.29, 0.717) is 5.70 Å². The molecule has 1 aromatic carbocycles. The summed E-state index contributed by atoms with van der Waals surface area (Å²) in [6, 6.07) is 5.21. The maximum atomic E-state index is 9.37. The molecule has 0 aromatic heterocycles. The summed E-state index contributed by atoms with van der Waals surface area (Å²) in [5.74, 6) is 0.254. The van der Waals surface area contributed by atoms with Crippen LogP contribution in [0.4, 0.5) is 0 Å². The molecular weight excluding hydrogens is 200 g/mol. The first kappa shape index (κ1) is 12.2. The minimum Gasteiger partial charge on any atom is -0.508 e. The Kier molecular flexibility index (Phi) is 3.61. The zero-order valence-corrected chi connectivity index (χ0v) is 9.91. The lowest BCUT2D eigenvalue weighted by Crippen LogP contribution is -2.02. The first-order valence-corrected chi connectivity index (χ1v) is 5.12. The number of aryl methyl sites for hydroxylation is 1. The van der Waals surface area contributed by atoms with Gasteiger partial charge in [-0.3, -0.25) is 0 Å². The van der Waals surface area contributed by atoms with Gasteiger partial charge in [-0.1, -0.05) is 6.07 Å². The molecule has 1 aromatic rings. The molecule has 0 radical (unpaired) electrons. The summed E-state index contributed by atoms with van der Waals surface area (Å²) in [6.07, 6.45) is 1.54. The zero-order valence-electron chi connectivity index (χ0n) is 9.91. The summed E-state index contributed by atoms with van der Waals surface area (Å²) in [5.41, 5.74) is 15.9. The number of phenols is 1. The van der Waals surface area contributed by atoms with Crippen LogP contribution in [-0.2, 0) is 0 Å². The highest BCUT2D eigenvalue weighted by Crippen LogP contribution is 2.28. The lowest BCUT2D eigenvalue weighted by molar-refractivity contribution is 0.475. The molecule has 0 saturated carbocycles. The second-order valence-corrected chi connectivity index (χ2v) is 3.91. The van der Waals surface area contributed by atoms with Crippen LogP contribution in [0.25, 0.3) is 5.57 Å². The molecular formula is C13H18N2O. The highest BCUT2D eigenvalue weighted by Gasteiger charge is 2.09. The lowest BCUT2D eigenvalue weighted by Gasteiger charge is -2.13. The van der Waals surface area contributed by atoms with Gasteiger partial charge in [-0.15, -0.1) is 0 Å². The fraction of sp³-hybridized carbons (Fsp3) is 0.231. The average Bonchev–Trinajstić information content (AvgIpc) is 2.21. The normalized spacial score (nSPS) is 13.6. The molecule has 1 rings (SSSR count). The van der Waals surface area contributed by atoms with Gasteiger partial charge in [-0.2, -0.15) is 0 Å². The third-order valence-electron chi connectivity index (χ3n) is 2.52. The summed E-state index contributed by atoms with van der Waals surface area (Å²) in [7, 11) is 0. The summed E-state index contributed by atoms with van der Waals surface area (Å²) >= 11 is 0. The molecule has 3 nitrogen and oxygen atoms in total. The van der Waals surface area contributed by atoms with Gasteiger partial charge in [0, 0.05) is 11.3 Å². The summed E-state index contributed by atoms with van der Waals surface area (Å²) < 4.78 is 0. The molecule has 0 heterocycles. The van der Waals surface area contributed by atoms with Crippen molar-refractivity contribution in [2.24, 2.45) is 11.5 Å². The Bertz CT molecular complexity index is 455. The topological polar surface area (TPSA) is 72.3 Å². The minimum atomic E-state index is 0.254. The molecule has 5 N–H and O–H groups in total. The predicted octanol–water partition coefficient (Wildman–Crippen LogP) is 2.25. The lowest BCUT2D eigenvalue weighted by atomic mass is 9.94. The third-order valence-corrected chi connectivity index (χ3v) is 2.52. The fourth-order valence-electron chi connectivity index (χ4n) is 1.75. The van der Waals surface area contributed by atoms with Crippen molar-refractivity contribution in [1.29, 1.82) is 0 Å². The van der Waals surface area contributed by atoms with E-state index in [-0.39, 0.29) is 5.75 Å². The van der Waals surface area contributed by atoms with Crippen LogP contribution in [0.15, 0.2) is 35.7 Å². The molecule has 0 spiro atoms. The van der Waals surface area contributed by atoms with Crippen molar-refractivity contribution in [3.63, 3.8) is 0 Å². The van der Waals surface area contributed by atoms with E-state index in [0.717, 1.165) is 22.3 Å². The van der Waals surface area contributed by atoms with Gasteiger partial charge in [0.15, 0.2) is 0 Å². The first-order valence-electron chi connectivity index (χ1n) is 5.12. The number of rotatable bonds is 2. The fourth-order valence-corrected chi connectivity index (χ4v) is 1.75. The zero-order chi connectivity index (χ0) is 12.3. The molecule has 0 amide bonds. The van der Waals surface area contributed by atoms with Crippen molar-refractivity contribution in [3.8, 4) is 5.75 Å². The number of benzene rings is 1. The second-order valence-electron chi connectivity index (χ2n) is 3.91. The van der Waals surface area contributed by atoms with Gasteiger partial charge in [0.25, 0.3) is 0 Å². The van der Waals surface area contributed by atoms with E-state index in [2.05, 4.69) is 0 Å². The second kappa shape index (κ2) is 4.75. The van der Waals surface area contributed by atoms with Gasteiger partial charge in [0.05, 0.1) is 0 Å². The number of allylic oxidation sites excluding steroid dienone is 3. The van der Waals surface area contributed by atoms with Crippen molar-refractivity contribution in [2.75, 3.05) is 0 Å². The highest BCUT2D eigenvalue weighted by molar-refractivity contribution is 5.81. The Balaban J connectivity index is 3.41. The van der Waals surface area contributed by atoms with Crippen LogP contribution in [0.1, 0.15) is 25.0 Å². The molecule has 0 aliphatic carbocycles. The van der Waals surface area contributed by atoms with E-state index in [9.17, 15) is 5.11 Å². The largest absolute Gasteiger partial charge is 0.508 e. The van der Waals surface area contributed by atoms with Gasteiger partial charge < -0.3 is 16.6 Å². The van der Waals surface area contributed by atoms with E-state index in [4.69, 9.17) is 11.5 Å². The minimum absolute atomic E-state index is 0.254. The molecule has 0 bridgehead atoms. The highest BCUT2D eigenvalue weighted by atomic mass is 16.3. The van der Waals surface area contributed by atoms with Crippen LogP contribution in [0.3, 0.4) is 0 Å². The Hall–Kier alpha value is -1.90. The van der Waals surface area contributed by atoms with Crippen LogP contribution in [0, 0.1) is 6.92 Å². The Morgan fingerprint density at radius 3 is 2.38 bits per heavy atom. The van der Waals surface area contributed by atoms with E-state index >= 15 is 0 Å². The Morgan fingerprint density at radius 1 is 1.31 bits per heavy atom. The SMILES string of the molecule is CC(=C/N)/C(=C(/C)N)c1ccc(O)cc1C. The van der Waals surface area contributed by atoms with E-state index in [1.165, 1.54) is 6.20 Å². The molecule has 0 aliphatic rings. The number of phenolic OH excluding ortho intramolecular Hbond substituents is 1. The van der Waals surface area contributed by atoms with Crippen LogP contribution in [0.2, 0.25) is 0 Å². The summed E-state index contributed by atoms with van der Waals surface area (Å²) in [6.45, 7) is 5.69. The van der Waals surface area contributed by atoms with Gasteiger partial charge >= 0.3 is 0 Å². The van der Waals surface area contributed by atoms with Gasteiger partial charge in [0.1, 0.15) is 5.75 Å². The van der Waals surface area contributed by atoms with Gasteiger partial charge in [0.2, 0.25) is 0 Å². The van der Waals surface area contributed by atoms with E-state index in [1.54, 1.807) is 12.1 Å². The molecule has 0 fully saturated rings. The third kappa shape index (κ3) is 2.37. The van der Waals surface area contributed by atoms with E-state index in [1.807, 2.05) is 26.8 Å². The van der Waals surface area contributed by atoms with Gasteiger partial charge in [-0.25, -0.2) is 0 Å². The van der Waals surface area contributed by atoms with Crippen molar-refractivity contribution < 1.29 is 5.11 Å². The quantitative estimate of drug-likeness (QED) is 0.667. The van der Waals surface area contributed by atoms with E-state index < -0.39 is 0 Å². The van der Waals surface area contributed by atoms with Crippen LogP contribution >= 0.6 is 0 Å². The van der Waals surface area contributed by atoms with Crippen LogP contribution in [-0.4, -0.2) is 5.11 Å². The molecule has 16 heavy (non-hydrogen) atoms. The smallest absolute Gasteiger partial charge is 0.115 e. The molecule has 0 atom stereocenters. The number of hydrogen-bond donors (Lipinski definition) is 3. The molecule has 0 unspecified atom stereocenters. The summed E-state index contributed by atoms with van der Waals surface area (Å²) in [4.78, 5) is 0. The molecule has 86 valence electrons. The maximum absolute atomic E-state index is 9.37. The van der Waals surface area contributed by atoms with Crippen molar-refractivity contribution >= 4 is 5.57 Å². The van der Waals surface area contributed by atoms with Gasteiger partial charge in [-0.05, 0) is 55.8 Å². The summed E-state index contributed by atoms with van der Waals surface area (Å²) in [5, 5.41) is 9.37. The number of hydrogen-bond acceptors (Lipinski definition) is 3. The van der Waals surface area contributed by atoms with Crippen LogP contribution in [0.5, 0.6) is 5.75 Å². The number of nitrogens with two attached hydrogens (primary N) is 2. The van der Waals surface area contributed by atoms with Crippen LogP contribution < -0.4 is 11.5 Å². The first-order chi connectivity index (χ1) is 7.47. The van der Waals surface area contributed by atoms with Crippen molar-refractivity contribution in [2.45, 2.75) is 20.8 Å². The average molecular weight is 218 g/mol. The van der Waals surface area contributed by atoms with Crippen molar-refractivity contribution in [3.05, 3.63) is 46.8 Å². The molecule has 3 heteroatoms. The monoisotopic (exact) mass is 218 g/mol. The number of aromatic hydroxyl groups is 1.